The zero-order valence-electron chi connectivity index (χ0n) is 56.4. The third-order valence-electron chi connectivity index (χ3n) is 22.5. The molecule has 100 heavy (non-hydrogen) atoms. The largest absolute Gasteiger partial charge is 0.469 e. The highest BCUT2D eigenvalue weighted by Crippen LogP contribution is 2.53. The number of aromatic amines is 1. The molecule has 0 spiro atoms. The first-order valence-corrected chi connectivity index (χ1v) is 35.6. The number of carbonyl (C=O) groups excluding carboxylic acids is 4. The Labute approximate surface area is 592 Å². The number of hydrogen-bond acceptors (Lipinski definition) is 22. The summed E-state index contributed by atoms with van der Waals surface area (Å²) >= 11 is 16.6. The van der Waals surface area contributed by atoms with Gasteiger partial charge in [0.05, 0.1) is 130 Å². The molecule has 24 nitrogen and oxygen atoms in total. The SMILES string of the molecule is COC(=O)[C@H]1C2CCC(CC2)[C@@H]1Cc1cncc(-c2[nH]nc3ncc(F)cc23)n1.COC(=O)[C@H]1C2CCC(CC2)[C@@H]1Cc1cncc(-c2nn(C)c3ncc(F)cc23)n1.COC(=O)[C@H]1C2CCC(CC2)[C@@H]1N.COC(=O)[C@H]1C2CCC(CC2)[C@@H]1Nc1cncc(Cl)n1.Clc1cncc(Cl)n1. The molecule has 12 aliphatic rings. The van der Waals surface area contributed by atoms with Crippen LogP contribution in [0.15, 0.2) is 74.1 Å². The van der Waals surface area contributed by atoms with Gasteiger partial charge in [0.2, 0.25) is 0 Å². The second-order valence-corrected chi connectivity index (χ2v) is 28.8. The molecule has 12 aliphatic carbocycles. The van der Waals surface area contributed by atoms with Crippen LogP contribution in [0.1, 0.15) is 114 Å². The highest BCUT2D eigenvalue weighted by molar-refractivity contribution is 6.32. The highest BCUT2D eigenvalue weighted by atomic mass is 35.5. The summed E-state index contributed by atoms with van der Waals surface area (Å²) in [5.41, 5.74) is 11.0. The lowest BCUT2D eigenvalue weighted by molar-refractivity contribution is -0.156. The van der Waals surface area contributed by atoms with Crippen molar-refractivity contribution in [3.63, 3.8) is 0 Å². The number of nitrogens with two attached hydrogens (primary N) is 1. The third kappa shape index (κ3) is 16.0. The van der Waals surface area contributed by atoms with Crippen LogP contribution in [0.2, 0.25) is 15.5 Å². The summed E-state index contributed by atoms with van der Waals surface area (Å²) in [5, 5.41) is 17.0. The number of esters is 4. The number of H-pyrrole nitrogens is 1. The number of ether oxygens (including phenoxy) is 4. The number of fused-ring (bicyclic) bond motifs is 14. The molecule has 0 radical (unpaired) electrons. The molecule has 0 aliphatic heterocycles. The Bertz CT molecular complexity index is 4160. The monoisotopic (exact) mass is 1430 g/mol. The van der Waals surface area contributed by atoms with Gasteiger partial charge in [-0.2, -0.15) is 10.2 Å². The van der Waals surface area contributed by atoms with Crippen LogP contribution in [0.4, 0.5) is 14.6 Å². The second kappa shape index (κ2) is 32.3. The van der Waals surface area contributed by atoms with Crippen LogP contribution in [0, 0.1) is 94.5 Å². The van der Waals surface area contributed by atoms with Gasteiger partial charge < -0.3 is 30.0 Å². The van der Waals surface area contributed by atoms with Gasteiger partial charge in [0.15, 0.2) is 11.3 Å². The van der Waals surface area contributed by atoms with Gasteiger partial charge in [-0.1, -0.05) is 34.8 Å². The maximum absolute atomic E-state index is 13.8. The van der Waals surface area contributed by atoms with Crippen molar-refractivity contribution < 1.29 is 46.9 Å². The summed E-state index contributed by atoms with van der Waals surface area (Å²) in [5.74, 6) is 3.36. The molecule has 530 valence electrons. The van der Waals surface area contributed by atoms with Crippen LogP contribution in [0.25, 0.3) is 44.8 Å². The number of carbonyl (C=O) groups is 4. The Kier molecular flexibility index (Phi) is 23.2. The van der Waals surface area contributed by atoms with Crippen LogP contribution in [0.3, 0.4) is 0 Å². The Morgan fingerprint density at radius 1 is 0.510 bits per heavy atom. The van der Waals surface area contributed by atoms with Gasteiger partial charge in [-0.05, 0) is 187 Å². The smallest absolute Gasteiger partial charge is 0.311 e. The molecule has 29 heteroatoms. The molecule has 0 aromatic carbocycles. The predicted molar refractivity (Wildman–Crippen MR) is 367 cm³/mol. The van der Waals surface area contributed by atoms with E-state index >= 15 is 0 Å². The van der Waals surface area contributed by atoms with E-state index in [4.69, 9.17) is 69.5 Å². The number of halogens is 5. The summed E-state index contributed by atoms with van der Waals surface area (Å²) in [6.45, 7) is 0. The first kappa shape index (κ1) is 71.7. The highest BCUT2D eigenvalue weighted by Gasteiger charge is 2.51. The van der Waals surface area contributed by atoms with Crippen molar-refractivity contribution in [1.29, 1.82) is 0 Å². The summed E-state index contributed by atoms with van der Waals surface area (Å²) in [7, 11) is 7.63. The number of nitrogens with one attached hydrogen (secondary N) is 2. The van der Waals surface area contributed by atoms with E-state index in [1.165, 1.54) is 78.2 Å². The van der Waals surface area contributed by atoms with E-state index in [9.17, 15) is 28.0 Å². The minimum Gasteiger partial charge on any atom is -0.469 e. The Morgan fingerprint density at radius 2 is 0.940 bits per heavy atom. The zero-order valence-corrected chi connectivity index (χ0v) is 58.7. The number of hydrogen-bond donors (Lipinski definition) is 3. The molecular formula is C71H83Cl3F2N16O8. The Morgan fingerprint density at radius 3 is 1.46 bits per heavy atom. The van der Waals surface area contributed by atoms with E-state index < -0.39 is 11.6 Å². The first-order chi connectivity index (χ1) is 48.4. The van der Waals surface area contributed by atoms with Gasteiger partial charge in [-0.25, -0.2) is 43.4 Å². The van der Waals surface area contributed by atoms with Crippen molar-refractivity contribution in [2.24, 2.45) is 95.6 Å². The molecule has 12 fully saturated rings. The minimum atomic E-state index is -0.427. The van der Waals surface area contributed by atoms with E-state index in [0.717, 1.165) is 107 Å². The molecule has 4 N–H and O–H groups in total. The summed E-state index contributed by atoms with van der Waals surface area (Å²) < 4.78 is 49.1. The number of aryl methyl sites for hydroxylation is 1. The average molecular weight is 1430 g/mol. The van der Waals surface area contributed by atoms with Crippen LogP contribution < -0.4 is 11.1 Å². The van der Waals surface area contributed by atoms with Crippen LogP contribution in [-0.4, -0.2) is 134 Å². The standard InChI is InChI=1S/C22H24FN5O2.C21H22FN5O2.C14H18ClN3O2.C10H17NO2.C4H2Cl2N2/c1-28-21-17(7-14(23)9-25-21)20(27-28)18-11-24-10-15(26-18)8-16-12-3-5-13(6-4-12)19(16)22(29)30-2;1-29-21(28)18-12-4-2-11(3-5-12)15(18)7-14-9-23-10-17(25-14)19-16-6-13(22)8-24-20(16)27-26-19;1-20-14(19)12-8-2-4-9(5-3-8)13(12)18-11-7-16-6-10(15)17-11;1-13-10(12)8-6-2-4-7(5-3-6)9(8)11;5-3-1-7-2-4(6)8-3/h7,9-13,16,19H,3-6,8H2,1-2H3;6,8-12,15,18H,2-5,7H2,1H3,(H,24,26,27);6-9,12-13H,2-5H2,1H3,(H,17,18);6-9H,2-5,11H2,1H3;1-2H/t12?,13?,16-,19-;11?,12?,15-,18-;8?,9?,12-,13-;6?,7?,8-,9-;/m0000./s1. The van der Waals surface area contributed by atoms with E-state index in [1.807, 2.05) is 0 Å². The topological polar surface area (TPSA) is 319 Å². The average Bonchev–Trinajstić information content (AvgIpc) is 1.06. The number of rotatable bonds is 12. The normalized spacial score (nSPS) is 27.9. The van der Waals surface area contributed by atoms with E-state index in [-0.39, 0.29) is 71.5 Å². The van der Waals surface area contributed by atoms with Gasteiger partial charge >= 0.3 is 23.9 Å². The van der Waals surface area contributed by atoms with E-state index in [0.29, 0.717) is 126 Å². The molecule has 8 aromatic heterocycles. The molecule has 0 amide bonds. The molecule has 8 bridgehead atoms. The van der Waals surface area contributed by atoms with Crippen molar-refractivity contribution in [2.45, 2.75) is 128 Å². The van der Waals surface area contributed by atoms with Gasteiger partial charge in [-0.15, -0.1) is 0 Å². The first-order valence-electron chi connectivity index (χ1n) is 34.4. The van der Waals surface area contributed by atoms with Gasteiger partial charge in [0.25, 0.3) is 0 Å². The van der Waals surface area contributed by atoms with Crippen molar-refractivity contribution in [3.05, 3.63) is 113 Å². The summed E-state index contributed by atoms with van der Waals surface area (Å²) in [6.07, 6.45) is 34.8. The number of aromatic nitrogens is 14. The van der Waals surface area contributed by atoms with Gasteiger partial charge in [0.1, 0.15) is 50.0 Å². The Balaban J connectivity index is 0.000000126. The van der Waals surface area contributed by atoms with Crippen molar-refractivity contribution in [2.75, 3.05) is 33.8 Å². The van der Waals surface area contributed by atoms with Crippen molar-refractivity contribution in [3.8, 4) is 22.8 Å². The maximum atomic E-state index is 13.8. The van der Waals surface area contributed by atoms with Crippen molar-refractivity contribution in [1.82, 2.24) is 69.8 Å². The van der Waals surface area contributed by atoms with Crippen LogP contribution >= 0.6 is 34.8 Å². The van der Waals surface area contributed by atoms with Gasteiger partial charge in [0, 0.05) is 31.5 Å². The molecule has 0 unspecified atom stereocenters. The predicted octanol–water partition coefficient (Wildman–Crippen LogP) is 11.9. The Hall–Kier alpha value is -8.07. The molecule has 12 saturated carbocycles. The summed E-state index contributed by atoms with van der Waals surface area (Å²) in [4.78, 5) is 90.5. The fourth-order valence-electron chi connectivity index (χ4n) is 17.9. The molecule has 8 heterocycles. The quantitative estimate of drug-likeness (QED) is 0.0756. The zero-order chi connectivity index (χ0) is 70.3. The maximum Gasteiger partial charge on any atom is 0.311 e. The number of nitrogens with zero attached hydrogens (tertiary/aromatic N) is 13. The lowest BCUT2D eigenvalue weighted by Gasteiger charge is -2.47. The molecule has 8 atom stereocenters. The summed E-state index contributed by atoms with van der Waals surface area (Å²) in [6, 6.07) is 2.94. The lowest BCUT2D eigenvalue weighted by Crippen LogP contribution is -2.52. The third-order valence-corrected chi connectivity index (χ3v) is 23.0. The van der Waals surface area contributed by atoms with E-state index in [1.54, 1.807) is 42.7 Å². The minimum absolute atomic E-state index is 0.0162. The van der Waals surface area contributed by atoms with Gasteiger partial charge in [-0.3, -0.25) is 44.2 Å². The second-order valence-electron chi connectivity index (χ2n) is 27.7. The fraction of sp³-hybridized carbons (Fsp3) is 0.549. The lowest BCUT2D eigenvalue weighted by atomic mass is 9.57. The molecule has 8 aromatic rings. The van der Waals surface area contributed by atoms with E-state index in [2.05, 4.69) is 60.5 Å². The molecular weight excluding hydrogens is 1350 g/mol. The number of methoxy groups -OCH3 is 4. The van der Waals surface area contributed by atoms with Crippen LogP contribution in [0.5, 0.6) is 0 Å². The molecule has 20 rings (SSSR count). The number of pyridine rings is 2. The number of anilines is 1. The fourth-order valence-corrected chi connectivity index (χ4v) is 18.3. The van der Waals surface area contributed by atoms with Crippen molar-refractivity contribution >= 4 is 86.6 Å². The molecule has 0 saturated heterocycles. The van der Waals surface area contributed by atoms with Crippen LogP contribution in [-0.2, 0) is 58.0 Å².